The van der Waals surface area contributed by atoms with Crippen molar-refractivity contribution in [3.05, 3.63) is 12.2 Å². The number of hydrogen-bond donors (Lipinski definition) is 2. The minimum Gasteiger partial charge on any atom is -0.390 e. The first-order valence-electron chi connectivity index (χ1n) is 9.31. The van der Waals surface area contributed by atoms with Gasteiger partial charge in [0.1, 0.15) is 0 Å². The van der Waals surface area contributed by atoms with Crippen LogP contribution in [-0.4, -0.2) is 33.6 Å². The van der Waals surface area contributed by atoms with E-state index >= 15 is 0 Å². The lowest BCUT2D eigenvalue weighted by atomic mass is 9.71. The molecule has 7 atom stereocenters. The molecule has 3 heteroatoms. The summed E-state index contributed by atoms with van der Waals surface area (Å²) in [5.74, 6) is 0.992. The van der Waals surface area contributed by atoms with Gasteiger partial charge in [0.2, 0.25) is 0 Å². The molecule has 2 aliphatic carbocycles. The largest absolute Gasteiger partial charge is 0.390 e. The molecule has 23 heavy (non-hydrogen) atoms. The van der Waals surface area contributed by atoms with Crippen LogP contribution in [0.25, 0.3) is 0 Å². The Morgan fingerprint density at radius 3 is 2.57 bits per heavy atom. The molecule has 0 aromatic rings. The number of hydrogen-bond acceptors (Lipinski definition) is 3. The normalized spacial score (nSPS) is 50.4. The molecule has 2 N–H and O–H groups in total. The van der Waals surface area contributed by atoms with Gasteiger partial charge in [0, 0.05) is 0 Å². The Morgan fingerprint density at radius 1 is 1.22 bits per heavy atom. The zero-order valence-corrected chi connectivity index (χ0v) is 15.3. The van der Waals surface area contributed by atoms with Gasteiger partial charge in [-0.1, -0.05) is 19.1 Å². The van der Waals surface area contributed by atoms with Crippen LogP contribution in [0, 0.1) is 17.3 Å². The molecule has 3 fully saturated rings. The Morgan fingerprint density at radius 2 is 1.91 bits per heavy atom. The number of rotatable bonds is 4. The van der Waals surface area contributed by atoms with Gasteiger partial charge in [0.15, 0.2) is 0 Å². The lowest BCUT2D eigenvalue weighted by molar-refractivity contribution is 0.00625. The SMILES string of the molecule is C=C(C)C(O)CC[C@@]1(C)CC[C@]2(C)O[C@H]2CC[C@](C)(O)[C@H]2C[C@@H]21. The molecule has 2 saturated carbocycles. The van der Waals surface area contributed by atoms with Crippen molar-refractivity contribution in [3.8, 4) is 0 Å². The standard InChI is InChI=1S/C20H34O3/c1-13(2)16(21)6-8-18(3)10-11-20(5)17(23-20)7-9-19(4,22)15-12-14(15)18/h14-17,21-22H,1,6-12H2,2-5H3/t14-,15-,16?,17-,18-,19-,20-/m0/s1. The van der Waals surface area contributed by atoms with Crippen LogP contribution >= 0.6 is 0 Å². The highest BCUT2D eigenvalue weighted by atomic mass is 16.6. The van der Waals surface area contributed by atoms with Crippen molar-refractivity contribution in [1.82, 2.24) is 0 Å². The molecule has 132 valence electrons. The minimum absolute atomic E-state index is 0.0199. The summed E-state index contributed by atoms with van der Waals surface area (Å²) in [5.41, 5.74) is 0.488. The van der Waals surface area contributed by atoms with Crippen LogP contribution in [-0.2, 0) is 4.74 Å². The van der Waals surface area contributed by atoms with Crippen molar-refractivity contribution >= 4 is 0 Å². The van der Waals surface area contributed by atoms with Crippen molar-refractivity contribution in [2.45, 2.75) is 96.1 Å². The van der Waals surface area contributed by atoms with E-state index in [1.165, 1.54) is 0 Å². The van der Waals surface area contributed by atoms with Crippen molar-refractivity contribution in [3.63, 3.8) is 0 Å². The maximum Gasteiger partial charge on any atom is 0.0920 e. The molecule has 3 nitrogen and oxygen atoms in total. The second-order valence-electron chi connectivity index (χ2n) is 9.32. The number of aliphatic hydroxyl groups excluding tert-OH is 1. The van der Waals surface area contributed by atoms with Crippen molar-refractivity contribution in [1.29, 1.82) is 0 Å². The fraction of sp³-hybridized carbons (Fsp3) is 0.900. The molecule has 0 radical (unpaired) electrons. The van der Waals surface area contributed by atoms with E-state index in [0.717, 1.165) is 50.5 Å². The molecule has 3 rings (SSSR count). The van der Waals surface area contributed by atoms with Crippen LogP contribution in [0.4, 0.5) is 0 Å². The van der Waals surface area contributed by atoms with E-state index in [9.17, 15) is 10.2 Å². The first-order chi connectivity index (χ1) is 10.6. The van der Waals surface area contributed by atoms with Crippen LogP contribution in [0.2, 0.25) is 0 Å². The van der Waals surface area contributed by atoms with Gasteiger partial charge >= 0.3 is 0 Å². The molecule has 0 bridgehead atoms. The Kier molecular flexibility index (Phi) is 4.23. The van der Waals surface area contributed by atoms with Crippen molar-refractivity contribution < 1.29 is 14.9 Å². The molecule has 1 unspecified atom stereocenters. The average molecular weight is 322 g/mol. The molecular weight excluding hydrogens is 288 g/mol. The fourth-order valence-corrected chi connectivity index (χ4v) is 4.88. The maximum absolute atomic E-state index is 10.9. The Labute approximate surface area is 141 Å². The quantitative estimate of drug-likeness (QED) is 0.611. The van der Waals surface area contributed by atoms with Gasteiger partial charge in [0.25, 0.3) is 0 Å². The highest BCUT2D eigenvalue weighted by Crippen LogP contribution is 2.62. The summed E-state index contributed by atoms with van der Waals surface area (Å²) >= 11 is 0. The van der Waals surface area contributed by atoms with E-state index in [2.05, 4.69) is 20.4 Å². The summed E-state index contributed by atoms with van der Waals surface area (Å²) in [6, 6.07) is 0. The molecule has 0 aromatic heterocycles. The predicted octanol–water partition coefficient (Wildman–Crippen LogP) is 3.83. The van der Waals surface area contributed by atoms with E-state index in [1.54, 1.807) is 0 Å². The zero-order valence-electron chi connectivity index (χ0n) is 15.3. The summed E-state index contributed by atoms with van der Waals surface area (Å²) in [6.07, 6.45) is 6.89. The summed E-state index contributed by atoms with van der Waals surface area (Å²) < 4.78 is 5.96. The van der Waals surface area contributed by atoms with Gasteiger partial charge in [-0.15, -0.1) is 0 Å². The number of epoxide rings is 1. The van der Waals surface area contributed by atoms with Crippen LogP contribution in [0.1, 0.15) is 72.6 Å². The zero-order chi connectivity index (χ0) is 17.0. The monoisotopic (exact) mass is 322 g/mol. The Hall–Kier alpha value is -0.380. The molecule has 1 saturated heterocycles. The van der Waals surface area contributed by atoms with Crippen LogP contribution in [0.5, 0.6) is 0 Å². The minimum atomic E-state index is -0.566. The molecular formula is C20H34O3. The fourth-order valence-electron chi connectivity index (χ4n) is 4.88. The first kappa shape index (κ1) is 17.4. The highest BCUT2D eigenvalue weighted by Gasteiger charge is 2.60. The van der Waals surface area contributed by atoms with Gasteiger partial charge in [-0.05, 0) is 83.0 Å². The average Bonchev–Trinajstić information content (AvgIpc) is 3.35. The topological polar surface area (TPSA) is 53.0 Å². The van der Waals surface area contributed by atoms with E-state index in [4.69, 9.17) is 4.74 Å². The van der Waals surface area contributed by atoms with Gasteiger partial charge in [-0.2, -0.15) is 0 Å². The molecule has 1 aliphatic heterocycles. The highest BCUT2D eigenvalue weighted by molar-refractivity contribution is 5.10. The third-order valence-electron chi connectivity index (χ3n) is 7.18. The molecule has 0 spiro atoms. The smallest absolute Gasteiger partial charge is 0.0920 e. The second-order valence-corrected chi connectivity index (χ2v) is 9.32. The Balaban J connectivity index is 1.73. The van der Waals surface area contributed by atoms with Crippen LogP contribution < -0.4 is 0 Å². The van der Waals surface area contributed by atoms with E-state index in [-0.39, 0.29) is 11.0 Å². The van der Waals surface area contributed by atoms with Gasteiger partial charge in [0.05, 0.1) is 23.4 Å². The summed E-state index contributed by atoms with van der Waals surface area (Å²) in [5, 5.41) is 21.0. The molecule has 1 heterocycles. The summed E-state index contributed by atoms with van der Waals surface area (Å²) in [6.45, 7) is 12.4. The van der Waals surface area contributed by atoms with Gasteiger partial charge in [-0.25, -0.2) is 0 Å². The number of ether oxygens (including phenoxy) is 1. The van der Waals surface area contributed by atoms with E-state index in [1.807, 2.05) is 13.8 Å². The second kappa shape index (κ2) is 5.57. The first-order valence-corrected chi connectivity index (χ1v) is 9.31. The van der Waals surface area contributed by atoms with Crippen molar-refractivity contribution in [2.75, 3.05) is 0 Å². The molecule has 0 aromatic carbocycles. The lowest BCUT2D eigenvalue weighted by Crippen LogP contribution is -2.34. The lowest BCUT2D eigenvalue weighted by Gasteiger charge is -2.35. The third-order valence-corrected chi connectivity index (χ3v) is 7.18. The van der Waals surface area contributed by atoms with E-state index < -0.39 is 11.7 Å². The van der Waals surface area contributed by atoms with Gasteiger partial charge in [-0.3, -0.25) is 0 Å². The Bertz CT molecular complexity index is 485. The summed E-state index contributed by atoms with van der Waals surface area (Å²) in [4.78, 5) is 0. The molecule has 0 amide bonds. The maximum atomic E-state index is 10.9. The van der Waals surface area contributed by atoms with Crippen LogP contribution in [0.15, 0.2) is 12.2 Å². The van der Waals surface area contributed by atoms with E-state index in [0.29, 0.717) is 17.9 Å². The van der Waals surface area contributed by atoms with Crippen molar-refractivity contribution in [2.24, 2.45) is 17.3 Å². The third kappa shape index (κ3) is 3.38. The number of fused-ring (bicyclic) bond motifs is 2. The van der Waals surface area contributed by atoms with Gasteiger partial charge < -0.3 is 14.9 Å². The predicted molar refractivity (Wildman–Crippen MR) is 92.1 cm³/mol. The number of aliphatic hydroxyl groups is 2. The molecule has 3 aliphatic rings. The summed E-state index contributed by atoms with van der Waals surface area (Å²) in [7, 11) is 0. The van der Waals surface area contributed by atoms with Crippen LogP contribution in [0.3, 0.4) is 0 Å².